The van der Waals surface area contributed by atoms with Gasteiger partial charge in [0.25, 0.3) is 5.91 Å². The number of H-pyrrole nitrogens is 1. The van der Waals surface area contributed by atoms with Crippen molar-refractivity contribution >= 4 is 33.2 Å². The second-order valence-electron chi connectivity index (χ2n) is 3.70. The first-order valence-electron chi connectivity index (χ1n) is 5.38. The highest BCUT2D eigenvalue weighted by molar-refractivity contribution is 9.10. The zero-order valence-corrected chi connectivity index (χ0v) is 12.4. The minimum absolute atomic E-state index is 0.133. The van der Waals surface area contributed by atoms with E-state index in [-0.39, 0.29) is 17.3 Å². The van der Waals surface area contributed by atoms with Crippen LogP contribution in [-0.2, 0) is 6.54 Å². The highest BCUT2D eigenvalue weighted by Gasteiger charge is 2.11. The molecule has 2 N–H and O–H groups in total. The summed E-state index contributed by atoms with van der Waals surface area (Å²) in [6, 6.07) is 5.16. The number of benzene rings is 1. The average molecular weight is 343 g/mol. The van der Waals surface area contributed by atoms with Crippen LogP contribution in [-0.4, -0.2) is 18.0 Å². The van der Waals surface area contributed by atoms with Crippen LogP contribution in [0.15, 0.2) is 32.8 Å². The number of carbonyl (C=O) groups excluding carboxylic acids is 1. The summed E-state index contributed by atoms with van der Waals surface area (Å²) in [5.74, 6) is 0.370. The van der Waals surface area contributed by atoms with Crippen LogP contribution in [0.5, 0.6) is 5.75 Å². The van der Waals surface area contributed by atoms with Gasteiger partial charge < -0.3 is 15.0 Å². The lowest BCUT2D eigenvalue weighted by Crippen LogP contribution is -2.23. The third-order valence-corrected chi connectivity index (χ3v) is 3.84. The Balaban J connectivity index is 2.09. The molecule has 0 atom stereocenters. The minimum Gasteiger partial charge on any atom is -0.497 e. The number of carbonyl (C=O) groups is 1. The van der Waals surface area contributed by atoms with E-state index in [9.17, 15) is 9.59 Å². The van der Waals surface area contributed by atoms with Gasteiger partial charge in [-0.3, -0.25) is 9.59 Å². The number of rotatable bonds is 4. The van der Waals surface area contributed by atoms with Crippen LogP contribution in [0.1, 0.15) is 16.1 Å². The van der Waals surface area contributed by atoms with E-state index in [0.717, 1.165) is 11.3 Å². The lowest BCUT2D eigenvalue weighted by molar-refractivity contribution is 0.0949. The Morgan fingerprint density at radius 2 is 2.32 bits per heavy atom. The highest BCUT2D eigenvalue weighted by Crippen LogP contribution is 2.22. The van der Waals surface area contributed by atoms with E-state index in [0.29, 0.717) is 21.5 Å². The van der Waals surface area contributed by atoms with Crippen LogP contribution >= 0.6 is 27.3 Å². The molecule has 0 bridgehead atoms. The normalized spacial score (nSPS) is 10.2. The molecular weight excluding hydrogens is 332 g/mol. The molecule has 1 amide bonds. The SMILES string of the molecule is COc1ccc(Br)c(C(=O)NCc2csc(=O)[nH]2)c1. The van der Waals surface area contributed by atoms with Crippen molar-refractivity contribution in [3.63, 3.8) is 0 Å². The lowest BCUT2D eigenvalue weighted by Gasteiger charge is -2.07. The summed E-state index contributed by atoms with van der Waals surface area (Å²) >= 11 is 4.39. The third-order valence-electron chi connectivity index (χ3n) is 2.43. The third kappa shape index (κ3) is 3.45. The van der Waals surface area contributed by atoms with Gasteiger partial charge in [0, 0.05) is 15.5 Å². The van der Waals surface area contributed by atoms with Crippen molar-refractivity contribution in [1.82, 2.24) is 10.3 Å². The molecule has 19 heavy (non-hydrogen) atoms. The van der Waals surface area contributed by atoms with Gasteiger partial charge in [0.1, 0.15) is 5.75 Å². The van der Waals surface area contributed by atoms with Crippen molar-refractivity contribution in [2.24, 2.45) is 0 Å². The predicted octanol–water partition coefficient (Wildman–Crippen LogP) is 2.14. The lowest BCUT2D eigenvalue weighted by atomic mass is 10.2. The summed E-state index contributed by atoms with van der Waals surface area (Å²) in [7, 11) is 1.54. The van der Waals surface area contributed by atoms with Crippen LogP contribution in [0.2, 0.25) is 0 Å². The van der Waals surface area contributed by atoms with Gasteiger partial charge in [0.15, 0.2) is 0 Å². The van der Waals surface area contributed by atoms with Gasteiger partial charge in [0.05, 0.1) is 19.2 Å². The van der Waals surface area contributed by atoms with Crippen LogP contribution in [0.3, 0.4) is 0 Å². The number of hydrogen-bond acceptors (Lipinski definition) is 4. The molecule has 0 aliphatic rings. The molecule has 2 aromatic rings. The molecule has 0 aliphatic heterocycles. The molecule has 100 valence electrons. The number of aromatic amines is 1. The molecular formula is C12H11BrN2O3S. The number of ether oxygens (including phenoxy) is 1. The summed E-state index contributed by atoms with van der Waals surface area (Å²) in [5, 5.41) is 4.42. The maximum absolute atomic E-state index is 12.0. The second kappa shape index (κ2) is 6.03. The van der Waals surface area contributed by atoms with Crippen molar-refractivity contribution in [1.29, 1.82) is 0 Å². The molecule has 0 fully saturated rings. The number of methoxy groups -OCH3 is 1. The maximum atomic E-state index is 12.0. The summed E-state index contributed by atoms with van der Waals surface area (Å²) < 4.78 is 5.76. The molecule has 0 saturated carbocycles. The number of thiazole rings is 1. The topological polar surface area (TPSA) is 71.2 Å². The average Bonchev–Trinajstić information content (AvgIpc) is 2.82. The molecule has 2 rings (SSSR count). The molecule has 0 unspecified atom stereocenters. The van der Waals surface area contributed by atoms with E-state index in [1.807, 2.05) is 0 Å². The van der Waals surface area contributed by atoms with E-state index < -0.39 is 0 Å². The largest absolute Gasteiger partial charge is 0.497 e. The highest BCUT2D eigenvalue weighted by atomic mass is 79.9. The minimum atomic E-state index is -0.238. The second-order valence-corrected chi connectivity index (χ2v) is 5.40. The molecule has 1 aromatic carbocycles. The van der Waals surface area contributed by atoms with Crippen LogP contribution in [0, 0.1) is 0 Å². The summed E-state index contributed by atoms with van der Waals surface area (Å²) in [5.41, 5.74) is 1.17. The number of halogens is 1. The summed E-state index contributed by atoms with van der Waals surface area (Å²) in [6.45, 7) is 0.279. The Kier molecular flexibility index (Phi) is 4.39. The quantitative estimate of drug-likeness (QED) is 0.894. The maximum Gasteiger partial charge on any atom is 0.304 e. The van der Waals surface area contributed by atoms with Gasteiger partial charge in [-0.25, -0.2) is 0 Å². The van der Waals surface area contributed by atoms with Gasteiger partial charge in [0.2, 0.25) is 0 Å². The van der Waals surface area contributed by atoms with Crippen molar-refractivity contribution in [2.45, 2.75) is 6.54 Å². The van der Waals surface area contributed by atoms with Crippen molar-refractivity contribution in [3.05, 3.63) is 49.0 Å². The van der Waals surface area contributed by atoms with Gasteiger partial charge in [-0.15, -0.1) is 0 Å². The first kappa shape index (κ1) is 13.8. The van der Waals surface area contributed by atoms with E-state index >= 15 is 0 Å². The van der Waals surface area contributed by atoms with Gasteiger partial charge in [-0.1, -0.05) is 11.3 Å². The first-order chi connectivity index (χ1) is 9.10. The molecule has 0 radical (unpaired) electrons. The Bertz CT molecular complexity index is 650. The predicted molar refractivity (Wildman–Crippen MR) is 76.8 cm³/mol. The first-order valence-corrected chi connectivity index (χ1v) is 7.06. The summed E-state index contributed by atoms with van der Waals surface area (Å²) in [6.07, 6.45) is 0. The smallest absolute Gasteiger partial charge is 0.304 e. The zero-order chi connectivity index (χ0) is 13.8. The van der Waals surface area contributed by atoms with Crippen molar-refractivity contribution < 1.29 is 9.53 Å². The Morgan fingerprint density at radius 3 is 2.95 bits per heavy atom. The zero-order valence-electron chi connectivity index (χ0n) is 10.0. The standard InChI is InChI=1S/C12H11BrN2O3S/c1-18-8-2-3-10(13)9(4-8)11(16)14-5-7-6-19-12(17)15-7/h2-4,6H,5H2,1H3,(H,14,16)(H,15,17). The fourth-order valence-corrected chi connectivity index (χ4v) is 2.48. The fraction of sp³-hybridized carbons (Fsp3) is 0.167. The van der Waals surface area contributed by atoms with Crippen LogP contribution in [0.4, 0.5) is 0 Å². The number of hydrogen-bond donors (Lipinski definition) is 2. The molecule has 0 saturated heterocycles. The Labute approximate surface area is 121 Å². The summed E-state index contributed by atoms with van der Waals surface area (Å²) in [4.78, 5) is 25.5. The Morgan fingerprint density at radius 1 is 1.53 bits per heavy atom. The molecule has 0 aliphatic carbocycles. The van der Waals surface area contributed by atoms with Crippen LogP contribution < -0.4 is 14.9 Å². The molecule has 1 aromatic heterocycles. The van der Waals surface area contributed by atoms with E-state index in [2.05, 4.69) is 26.2 Å². The molecule has 7 heteroatoms. The molecule has 5 nitrogen and oxygen atoms in total. The van der Waals surface area contributed by atoms with E-state index in [4.69, 9.17) is 4.74 Å². The van der Waals surface area contributed by atoms with Crippen molar-refractivity contribution in [3.8, 4) is 5.75 Å². The Hall–Kier alpha value is -1.60. The number of aromatic nitrogens is 1. The fourth-order valence-electron chi connectivity index (χ4n) is 1.48. The van der Waals surface area contributed by atoms with Gasteiger partial charge in [-0.05, 0) is 34.1 Å². The van der Waals surface area contributed by atoms with Gasteiger partial charge in [-0.2, -0.15) is 0 Å². The molecule has 0 spiro atoms. The van der Waals surface area contributed by atoms with Crippen LogP contribution in [0.25, 0.3) is 0 Å². The molecule has 1 heterocycles. The van der Waals surface area contributed by atoms with E-state index in [1.54, 1.807) is 30.7 Å². The van der Waals surface area contributed by atoms with Gasteiger partial charge >= 0.3 is 4.87 Å². The monoisotopic (exact) mass is 342 g/mol. The number of amides is 1. The van der Waals surface area contributed by atoms with Crippen molar-refractivity contribution in [2.75, 3.05) is 7.11 Å². The van der Waals surface area contributed by atoms with E-state index in [1.165, 1.54) is 0 Å². The number of nitrogens with one attached hydrogen (secondary N) is 2.